The molecule has 141 heavy (non-hydrogen) atoms. The van der Waals surface area contributed by atoms with Crippen molar-refractivity contribution in [2.24, 2.45) is 69.4 Å². The lowest BCUT2D eigenvalue weighted by atomic mass is 9.75. The van der Waals surface area contributed by atoms with Gasteiger partial charge in [-0.3, -0.25) is 29.4 Å². The Hall–Kier alpha value is -7.56. The Balaban J connectivity index is 0.000000201. The predicted octanol–water partition coefficient (Wildman–Crippen LogP) is 19.3. The first-order chi connectivity index (χ1) is 93.4. The third-order valence-electron chi connectivity index (χ3n) is 25.6. The van der Waals surface area contributed by atoms with Gasteiger partial charge >= 0.3 is 0 Å². The van der Waals surface area contributed by atoms with Gasteiger partial charge < -0.3 is 87.5 Å². The van der Waals surface area contributed by atoms with Gasteiger partial charge in [0.15, 0.2) is 69.0 Å². The minimum atomic E-state index is -4.13. The van der Waals surface area contributed by atoms with Crippen LogP contribution in [0.3, 0.4) is 0 Å². The number of aryl methyl sites for hydroxylation is 2. The molecule has 6 aromatic rings. The summed E-state index contributed by atoms with van der Waals surface area (Å²) >= 11 is 0. The van der Waals surface area contributed by atoms with E-state index < -0.39 is 303 Å². The monoisotopic (exact) mass is 2030 g/mol. The summed E-state index contributed by atoms with van der Waals surface area (Å²) in [4.78, 5) is 6.28. The molecule has 0 bridgehead atoms. The molecule has 24 heteroatoms. The highest BCUT2D eigenvalue weighted by Crippen LogP contribution is 2.53. The van der Waals surface area contributed by atoms with Crippen LogP contribution in [-0.2, 0) is 38.4 Å². The summed E-state index contributed by atoms with van der Waals surface area (Å²) in [5.41, 5.74) is -7.64. The number of fused-ring (bicyclic) bond motifs is 18. The van der Waals surface area contributed by atoms with E-state index in [0.29, 0.717) is 95.5 Å². The Bertz CT molecular complexity index is 8050. The van der Waals surface area contributed by atoms with E-state index in [1.807, 2.05) is 13.8 Å². The van der Waals surface area contributed by atoms with Gasteiger partial charge in [0, 0.05) is 186 Å². The first kappa shape index (κ1) is 51.4. The number of methoxy groups -OCH3 is 12. The third-order valence-corrected chi connectivity index (χ3v) is 25.6. The van der Waals surface area contributed by atoms with E-state index in [1.165, 1.54) is 121 Å². The molecule has 24 nitrogen and oxygen atoms in total. The molecule has 12 aliphatic heterocycles. The average molecular weight is 2030 g/mol. The SMILES string of the molecule is [2H]C([2H])([2H])C(C)(C([2H])([2H])[2H])C([2H])([2H])C1([2H])C([2H])([2H])N2CCc3cc(OC)c(OC)cc3C2C([2H])([2H])C1([2H])O.[2H]C([2H])([2H])Oc1cc2c(cc1OC)C([2H])([2H])C([2H])([2H])N1CC(CC(C)C)C(O)CC21.[2H]C([2H])([2H])Oc1cc2c(cc1OC)CCN1C2C([2H])([2H])C([2H])(O)C([2H])(C([2H])([2H])C(C)(C([2H])([2H])[2H])C([2H])([2H])[2H])C1([2H])[2H].[2H]C([2H])([2H])Oc1cc2c(cc1OC)CCN1C2C([2H])([2H])C([2H])(O)C([2H])(C([2H])([2H])C(C)(C([2H])([2H])[2H])C([2H])([2H])[2H])C1([2H])[2H].[2H]C([2H])([2H])Oc1cc2c(cc1OC)CCN1C2C([2H])([2H])C([2H])(O)C([2H])(CC(C)C)C1([2H])[2H].[2H]C1([2H])c2cc(OC)c(OC)cc2C2CC(O)C(CC(C)C)CN2C1([2H])[2H]. The molecule has 18 atom stereocenters. The van der Waals surface area contributed by atoms with Crippen molar-refractivity contribution in [2.45, 2.75) is 291 Å². The van der Waals surface area contributed by atoms with E-state index in [1.54, 1.807) is 24.8 Å². The van der Waals surface area contributed by atoms with Crippen molar-refractivity contribution in [1.29, 1.82) is 0 Å². The van der Waals surface area contributed by atoms with Gasteiger partial charge in [-0.05, 0) is 324 Å². The van der Waals surface area contributed by atoms with Crippen LogP contribution in [0.1, 0.15) is 376 Å². The van der Waals surface area contributed by atoms with Gasteiger partial charge in [0.25, 0.3) is 0 Å². The molecule has 0 radical (unpaired) electrons. The lowest BCUT2D eigenvalue weighted by Gasteiger charge is -2.47. The number of hydrogen-bond donors (Lipinski definition) is 6. The summed E-state index contributed by atoms with van der Waals surface area (Å²) in [6.45, 7) is -27.6. The number of piperidine rings is 6. The molecule has 12 heterocycles. The molecule has 0 amide bonds. The Morgan fingerprint density at radius 1 is 0.319 bits per heavy atom. The van der Waals surface area contributed by atoms with E-state index in [0.717, 1.165) is 23.5 Å². The maximum atomic E-state index is 11.5. The van der Waals surface area contributed by atoms with E-state index in [9.17, 15) is 30.6 Å². The van der Waals surface area contributed by atoms with Crippen LogP contribution in [0.2, 0.25) is 0 Å². The van der Waals surface area contributed by atoms with Gasteiger partial charge in [-0.1, -0.05) is 103 Å². The topological polar surface area (TPSA) is 252 Å². The number of benzene rings is 6. The van der Waals surface area contributed by atoms with Crippen molar-refractivity contribution >= 4 is 0 Å². The molecule has 0 aromatic heterocycles. The molecule has 18 unspecified atom stereocenters. The van der Waals surface area contributed by atoms with Gasteiger partial charge in [0.2, 0.25) is 0 Å². The normalized spacial score (nSPS) is 44.2. The van der Waals surface area contributed by atoms with Crippen LogP contribution >= 0.6 is 0 Å². The quantitative estimate of drug-likeness (QED) is 0.0392. The van der Waals surface area contributed by atoms with Crippen molar-refractivity contribution in [2.75, 3.05) is 163 Å². The van der Waals surface area contributed by atoms with Crippen LogP contribution in [0, 0.1) is 69.4 Å². The summed E-state index contributed by atoms with van der Waals surface area (Å²) < 4.78 is 626. The summed E-state index contributed by atoms with van der Waals surface area (Å²) in [5.74, 6) is -14.2. The molecule has 6 fully saturated rings. The number of ether oxygens (including phenoxy) is 12. The van der Waals surface area contributed by atoms with Gasteiger partial charge in [0.05, 0.1) is 143 Å². The largest absolute Gasteiger partial charge is 0.493 e. The standard InChI is InChI=1S/3C20H31NO3.3C19H29NO3/c3*1-20(2,3)11-14-12-21-7-6-13-8-18(23-4)19(24-5)9-15(13)16(21)10-17(14)22;3*1-12(2)7-14-11-20-6-5-13-8-18(22-3)19(23-4)9-15(13)16(20)10-17(14)21/h3*8-9,14,16-17,22H,6-7,10-12H2,1-5H3;3*8-9,12,14,16-17,21H,5-7,10-11H2,1-4H3/i2*1D3,2D3,5D3,10D2,11D2,12D2,14D,17D;1D3,2D3,10D2,11D2,12D2,14D,17D;4D3,10D2,11D2,14D,17D;4D3,5D2,6D2;5D2,6D2. The van der Waals surface area contributed by atoms with E-state index >= 15 is 0 Å². The summed E-state index contributed by atoms with van der Waals surface area (Å²) in [6, 6.07) is 8.20. The van der Waals surface area contributed by atoms with Crippen molar-refractivity contribution in [3.63, 3.8) is 0 Å². The maximum Gasteiger partial charge on any atom is 0.161 e. The van der Waals surface area contributed by atoms with Crippen molar-refractivity contribution < 1.29 is 181 Å². The Kier molecular flexibility index (Phi) is 17.6. The molecule has 18 rings (SSSR count). The van der Waals surface area contributed by atoms with Crippen LogP contribution < -0.4 is 56.8 Å². The summed E-state index contributed by atoms with van der Waals surface area (Å²) in [6.07, 6.45) is -44.5. The smallest absolute Gasteiger partial charge is 0.161 e. The zero-order valence-corrected chi connectivity index (χ0v) is 82.3. The molecular weight excluding hydrogens is 1780 g/mol. The zero-order chi connectivity index (χ0) is 161. The Morgan fingerprint density at radius 3 is 0.787 bits per heavy atom. The Labute approximate surface area is 941 Å². The van der Waals surface area contributed by atoms with Crippen molar-refractivity contribution in [1.82, 2.24) is 29.4 Å². The lowest BCUT2D eigenvalue weighted by molar-refractivity contribution is -0.0259. The molecule has 6 N–H and O–H groups in total. The van der Waals surface area contributed by atoms with Gasteiger partial charge in [-0.2, -0.15) is 0 Å². The van der Waals surface area contributed by atoms with Crippen LogP contribution in [-0.4, -0.2) is 260 Å². The highest BCUT2D eigenvalue weighted by Gasteiger charge is 2.47. The summed E-state index contributed by atoms with van der Waals surface area (Å²) in [7, 11) is -0.741. The lowest BCUT2D eigenvalue weighted by Crippen LogP contribution is -2.48. The van der Waals surface area contributed by atoms with E-state index in [-0.39, 0.29) is 166 Å². The first-order valence-corrected chi connectivity index (χ1v) is 46.4. The highest BCUT2D eigenvalue weighted by molar-refractivity contribution is 5.55. The molecule has 12 aliphatic rings. The van der Waals surface area contributed by atoms with Crippen LogP contribution in [0.25, 0.3) is 0 Å². The van der Waals surface area contributed by atoms with Crippen LogP contribution in [0.5, 0.6) is 69.0 Å². The number of nitrogens with zero attached hydrogens (tertiary/aromatic N) is 6. The first-order valence-electron chi connectivity index (χ1n) is 80.4. The molecule has 6 aromatic carbocycles. The van der Waals surface area contributed by atoms with Crippen LogP contribution in [0.4, 0.5) is 0 Å². The van der Waals surface area contributed by atoms with Gasteiger partial charge in [-0.15, -0.1) is 0 Å². The predicted molar refractivity (Wildman–Crippen MR) is 561 cm³/mol. The number of aliphatic hydroxyl groups excluding tert-OH is 2. The van der Waals surface area contributed by atoms with Crippen LogP contribution in [0.15, 0.2) is 72.8 Å². The number of hydrogen-bond acceptors (Lipinski definition) is 24. The van der Waals surface area contributed by atoms with Gasteiger partial charge in [0.1, 0.15) is 0 Å². The van der Waals surface area contributed by atoms with Crippen molar-refractivity contribution in [3.05, 3.63) is 140 Å². The fourth-order valence-electron chi connectivity index (χ4n) is 19.2. The fraction of sp³-hybridized carbons (Fsp3) is 0.692. The fourth-order valence-corrected chi connectivity index (χ4v) is 19.2. The van der Waals surface area contributed by atoms with E-state index in [4.69, 9.17) is 150 Å². The minimum Gasteiger partial charge on any atom is -0.493 e. The number of aliphatic hydroxyl groups is 6. The third kappa shape index (κ3) is 26.9. The molecule has 0 aliphatic carbocycles. The van der Waals surface area contributed by atoms with E-state index in [2.05, 4.69) is 13.8 Å². The highest BCUT2D eigenvalue weighted by atomic mass is 16.5. The second-order valence-corrected chi connectivity index (χ2v) is 37.8. The van der Waals surface area contributed by atoms with Gasteiger partial charge in [-0.25, -0.2) is 0 Å². The molecular formula is C117H180N6O18. The zero-order valence-electron chi connectivity index (χ0n) is 150. The molecule has 786 valence electrons. The maximum absolute atomic E-state index is 11.5. The Morgan fingerprint density at radius 2 is 0.546 bits per heavy atom. The number of rotatable bonds is 21. The van der Waals surface area contributed by atoms with Crippen molar-refractivity contribution in [3.8, 4) is 69.0 Å². The second kappa shape index (κ2) is 48.4. The molecule has 0 spiro atoms. The molecule has 0 saturated carbocycles. The molecule has 6 saturated heterocycles. The second-order valence-electron chi connectivity index (χ2n) is 37.8. The summed E-state index contributed by atoms with van der Waals surface area (Å²) in [5, 5.41) is 67.0. The minimum absolute atomic E-state index is 0.0204. The average Bonchev–Trinajstić information content (AvgIpc) is 0.651.